The number of nitrogens with one attached hydrogen (secondary N) is 1. The van der Waals surface area contributed by atoms with Gasteiger partial charge < -0.3 is 14.8 Å². The van der Waals surface area contributed by atoms with E-state index in [1.807, 2.05) is 91.5 Å². The lowest BCUT2D eigenvalue weighted by atomic mass is 10.00. The molecule has 2 aromatic heterocycles. The topological polar surface area (TPSA) is 55.1 Å². The molecule has 0 fully saturated rings. The van der Waals surface area contributed by atoms with E-state index in [-0.39, 0.29) is 12.2 Å². The van der Waals surface area contributed by atoms with Crippen molar-refractivity contribution in [3.8, 4) is 11.5 Å². The Labute approximate surface area is 218 Å². The number of hydrogen-bond acceptors (Lipinski definition) is 2. The summed E-state index contributed by atoms with van der Waals surface area (Å²) in [6, 6.07) is 23.7. The Morgan fingerprint density at radius 2 is 1.76 bits per heavy atom. The highest BCUT2D eigenvalue weighted by Crippen LogP contribution is 2.39. The quantitative estimate of drug-likeness (QED) is 0.294. The molecule has 0 aliphatic carbocycles. The van der Waals surface area contributed by atoms with Gasteiger partial charge in [0.15, 0.2) is 0 Å². The van der Waals surface area contributed by atoms with Gasteiger partial charge in [-0.3, -0.25) is 0 Å². The summed E-state index contributed by atoms with van der Waals surface area (Å²) in [5, 5.41) is 7.44. The van der Waals surface area contributed by atoms with Crippen LogP contribution in [0.3, 0.4) is 0 Å². The number of anilines is 1. The second-order valence-corrected chi connectivity index (χ2v) is 9.44. The van der Waals surface area contributed by atoms with Crippen LogP contribution in [0.25, 0.3) is 11.5 Å². The molecule has 1 atom stereocenters. The molecule has 0 radical (unpaired) electrons. The Balaban J connectivity index is 1.54. The van der Waals surface area contributed by atoms with Crippen molar-refractivity contribution in [2.45, 2.75) is 26.4 Å². The molecule has 0 spiro atoms. The van der Waals surface area contributed by atoms with Crippen molar-refractivity contribution in [2.75, 3.05) is 5.32 Å². The third-order valence-corrected chi connectivity index (χ3v) is 6.88. The number of aromatic nitrogens is 3. The van der Waals surface area contributed by atoms with Gasteiger partial charge in [0, 0.05) is 17.8 Å². The minimum absolute atomic E-state index is 0.205. The SMILES string of the molecule is Cc1cccc(C2c3cccn3-c3c(c(C)nn3-c3ccccc3)CN2C(=O)Nc2cc(F)ccc2F)c1. The first-order valence-electron chi connectivity index (χ1n) is 12.3. The van der Waals surface area contributed by atoms with E-state index in [4.69, 9.17) is 5.10 Å². The molecule has 1 unspecified atom stereocenters. The molecule has 8 heteroatoms. The number of halogens is 2. The number of urea groups is 1. The first-order valence-corrected chi connectivity index (χ1v) is 12.3. The Kier molecular flexibility index (Phi) is 5.79. The van der Waals surface area contributed by atoms with Crippen LogP contribution >= 0.6 is 0 Å². The largest absolute Gasteiger partial charge is 0.323 e. The lowest BCUT2D eigenvalue weighted by Crippen LogP contribution is -2.38. The predicted molar refractivity (Wildman–Crippen MR) is 142 cm³/mol. The van der Waals surface area contributed by atoms with E-state index in [0.29, 0.717) is 0 Å². The maximum Gasteiger partial charge on any atom is 0.323 e. The van der Waals surface area contributed by atoms with E-state index < -0.39 is 23.7 Å². The summed E-state index contributed by atoms with van der Waals surface area (Å²) in [7, 11) is 0. The van der Waals surface area contributed by atoms with Crippen LogP contribution in [0, 0.1) is 25.5 Å². The van der Waals surface area contributed by atoms with Gasteiger partial charge in [-0.2, -0.15) is 5.10 Å². The number of carbonyl (C=O) groups is 1. The lowest BCUT2D eigenvalue weighted by molar-refractivity contribution is 0.194. The summed E-state index contributed by atoms with van der Waals surface area (Å²) in [6.45, 7) is 4.12. The standard InChI is InChI=1S/C30H25F2N5O/c1-19-8-6-9-21(16-19)28-27-12-7-15-35(27)29-24(20(2)34-37(29)23-10-4-3-5-11-23)18-36(28)30(38)33-26-17-22(31)13-14-25(26)32/h3-17,28H,18H2,1-2H3,(H,33,38). The fourth-order valence-electron chi connectivity index (χ4n) is 5.12. The first-order chi connectivity index (χ1) is 18.4. The van der Waals surface area contributed by atoms with Crippen LogP contribution in [0.5, 0.6) is 0 Å². The number of hydrogen-bond donors (Lipinski definition) is 1. The predicted octanol–water partition coefficient (Wildman–Crippen LogP) is 6.70. The molecule has 1 aliphatic rings. The van der Waals surface area contributed by atoms with Crippen molar-refractivity contribution in [1.82, 2.24) is 19.2 Å². The van der Waals surface area contributed by atoms with Crippen molar-refractivity contribution in [3.05, 3.63) is 131 Å². The first kappa shape index (κ1) is 23.7. The average Bonchev–Trinajstić information content (AvgIpc) is 3.47. The zero-order valence-electron chi connectivity index (χ0n) is 20.9. The van der Waals surface area contributed by atoms with Gasteiger partial charge in [0.2, 0.25) is 0 Å². The van der Waals surface area contributed by atoms with Crippen molar-refractivity contribution in [2.24, 2.45) is 0 Å². The van der Waals surface area contributed by atoms with E-state index >= 15 is 0 Å². The monoisotopic (exact) mass is 509 g/mol. The smallest absolute Gasteiger partial charge is 0.307 e. The molecule has 190 valence electrons. The highest BCUT2D eigenvalue weighted by Gasteiger charge is 2.36. The fourth-order valence-corrected chi connectivity index (χ4v) is 5.12. The summed E-state index contributed by atoms with van der Waals surface area (Å²) in [5.41, 5.74) is 5.10. The van der Waals surface area contributed by atoms with Crippen LogP contribution < -0.4 is 5.32 Å². The zero-order chi connectivity index (χ0) is 26.4. The van der Waals surface area contributed by atoms with E-state index in [1.165, 1.54) is 0 Å². The Hall–Kier alpha value is -4.72. The van der Waals surface area contributed by atoms with Gasteiger partial charge in [0.1, 0.15) is 17.5 Å². The number of rotatable bonds is 3. The van der Waals surface area contributed by atoms with Crippen molar-refractivity contribution < 1.29 is 13.6 Å². The van der Waals surface area contributed by atoms with Crippen LogP contribution in [0.2, 0.25) is 0 Å². The maximum atomic E-state index is 14.5. The number of nitrogens with zero attached hydrogens (tertiary/aromatic N) is 4. The molecule has 2 amide bonds. The average molecular weight is 510 g/mol. The van der Waals surface area contributed by atoms with Crippen LogP contribution in [-0.2, 0) is 6.54 Å². The summed E-state index contributed by atoms with van der Waals surface area (Å²) < 4.78 is 32.4. The van der Waals surface area contributed by atoms with E-state index in [9.17, 15) is 13.6 Å². The number of aryl methyl sites for hydroxylation is 2. The minimum atomic E-state index is -0.709. The Morgan fingerprint density at radius 3 is 2.55 bits per heavy atom. The van der Waals surface area contributed by atoms with E-state index in [2.05, 4.69) is 9.88 Å². The van der Waals surface area contributed by atoms with E-state index in [1.54, 1.807) is 4.90 Å². The second kappa shape index (κ2) is 9.30. The molecule has 6 nitrogen and oxygen atoms in total. The molecule has 0 saturated heterocycles. The number of benzene rings is 3. The van der Waals surface area contributed by atoms with Crippen molar-refractivity contribution >= 4 is 11.7 Å². The van der Waals surface area contributed by atoms with Crippen LogP contribution in [0.4, 0.5) is 19.3 Å². The van der Waals surface area contributed by atoms with E-state index in [0.717, 1.165) is 57.8 Å². The Morgan fingerprint density at radius 1 is 0.947 bits per heavy atom. The molecular formula is C30H25F2N5O. The van der Waals surface area contributed by atoms with Gasteiger partial charge in [-0.25, -0.2) is 18.3 Å². The van der Waals surface area contributed by atoms with Crippen LogP contribution in [0.1, 0.15) is 34.1 Å². The molecule has 0 saturated carbocycles. The summed E-state index contributed by atoms with van der Waals surface area (Å²) in [4.78, 5) is 15.5. The molecular weight excluding hydrogens is 484 g/mol. The van der Waals surface area contributed by atoms with Crippen LogP contribution in [0.15, 0.2) is 91.1 Å². The molecule has 1 aliphatic heterocycles. The Bertz CT molecular complexity index is 1660. The lowest BCUT2D eigenvalue weighted by Gasteiger charge is -2.31. The summed E-state index contributed by atoms with van der Waals surface area (Å²) in [6.07, 6.45) is 1.96. The van der Waals surface area contributed by atoms with Gasteiger partial charge in [0.25, 0.3) is 0 Å². The van der Waals surface area contributed by atoms with Gasteiger partial charge in [-0.15, -0.1) is 0 Å². The maximum absolute atomic E-state index is 14.5. The summed E-state index contributed by atoms with van der Waals surface area (Å²) >= 11 is 0. The molecule has 3 aromatic carbocycles. The number of para-hydroxylation sites is 1. The molecule has 1 N–H and O–H groups in total. The number of fused-ring (bicyclic) bond motifs is 3. The molecule has 38 heavy (non-hydrogen) atoms. The number of amides is 2. The molecule has 0 bridgehead atoms. The fraction of sp³-hybridized carbons (Fsp3) is 0.133. The minimum Gasteiger partial charge on any atom is -0.307 e. The molecule has 6 rings (SSSR count). The molecule has 5 aromatic rings. The van der Waals surface area contributed by atoms with Gasteiger partial charge in [-0.1, -0.05) is 48.0 Å². The second-order valence-electron chi connectivity index (χ2n) is 9.44. The third kappa shape index (κ3) is 4.04. The third-order valence-electron chi connectivity index (χ3n) is 6.88. The van der Waals surface area contributed by atoms with Crippen molar-refractivity contribution in [3.63, 3.8) is 0 Å². The van der Waals surface area contributed by atoms with Crippen LogP contribution in [-0.4, -0.2) is 25.3 Å². The zero-order valence-corrected chi connectivity index (χ0v) is 20.9. The highest BCUT2D eigenvalue weighted by atomic mass is 19.1. The van der Waals surface area contributed by atoms with Gasteiger partial charge in [-0.05, 0) is 55.8 Å². The van der Waals surface area contributed by atoms with Gasteiger partial charge in [0.05, 0.1) is 35.3 Å². The molecule has 3 heterocycles. The summed E-state index contributed by atoms with van der Waals surface area (Å²) in [5.74, 6) is -0.513. The number of carbonyl (C=O) groups excluding carboxylic acids is 1. The normalized spacial score (nSPS) is 14.5. The van der Waals surface area contributed by atoms with Gasteiger partial charge >= 0.3 is 6.03 Å². The van der Waals surface area contributed by atoms with Crippen molar-refractivity contribution in [1.29, 1.82) is 0 Å². The highest BCUT2D eigenvalue weighted by molar-refractivity contribution is 5.90.